The molecule has 1 aliphatic rings. The summed E-state index contributed by atoms with van der Waals surface area (Å²) in [5.41, 5.74) is -0.249. The highest BCUT2D eigenvalue weighted by Gasteiger charge is 2.38. The molecule has 1 aliphatic heterocycles. The van der Waals surface area contributed by atoms with Crippen LogP contribution in [-0.4, -0.2) is 22.8 Å². The lowest BCUT2D eigenvalue weighted by molar-refractivity contribution is -0.179. The fourth-order valence-electron chi connectivity index (χ4n) is 1.68. The van der Waals surface area contributed by atoms with E-state index in [1.165, 1.54) is 0 Å². The maximum atomic E-state index is 10.7. The molecule has 13 heavy (non-hydrogen) atoms. The van der Waals surface area contributed by atoms with Crippen molar-refractivity contribution in [2.75, 3.05) is 0 Å². The van der Waals surface area contributed by atoms with Gasteiger partial charge >= 0.3 is 5.97 Å². The van der Waals surface area contributed by atoms with E-state index in [0.717, 1.165) is 12.8 Å². The summed E-state index contributed by atoms with van der Waals surface area (Å²) in [5.74, 6) is -0.457. The maximum absolute atomic E-state index is 10.7. The van der Waals surface area contributed by atoms with Crippen LogP contribution in [0.3, 0.4) is 0 Å². The molecule has 0 aromatic rings. The molecule has 2 atom stereocenters. The zero-order valence-corrected chi connectivity index (χ0v) is 8.54. The van der Waals surface area contributed by atoms with Gasteiger partial charge in [0, 0.05) is 0 Å². The van der Waals surface area contributed by atoms with E-state index >= 15 is 0 Å². The van der Waals surface area contributed by atoms with Crippen molar-refractivity contribution in [1.29, 1.82) is 0 Å². The molecular formula is C10H18O3. The van der Waals surface area contributed by atoms with E-state index < -0.39 is 12.1 Å². The molecule has 3 nitrogen and oxygen atoms in total. The van der Waals surface area contributed by atoms with E-state index in [0.29, 0.717) is 12.3 Å². The lowest BCUT2D eigenvalue weighted by Gasteiger charge is -2.40. The van der Waals surface area contributed by atoms with Crippen LogP contribution in [0.2, 0.25) is 0 Å². The fraction of sp³-hybridized carbons (Fsp3) is 0.900. The number of carboxylic acid groups (broad SMARTS) is 1. The van der Waals surface area contributed by atoms with Gasteiger partial charge in [-0.25, -0.2) is 4.79 Å². The molecule has 1 heterocycles. The van der Waals surface area contributed by atoms with Crippen LogP contribution < -0.4 is 0 Å². The van der Waals surface area contributed by atoms with Crippen LogP contribution in [0.5, 0.6) is 0 Å². The predicted octanol–water partition coefficient (Wildman–Crippen LogP) is 2.05. The molecule has 0 spiro atoms. The van der Waals surface area contributed by atoms with Gasteiger partial charge in [0.1, 0.15) is 0 Å². The second kappa shape index (κ2) is 3.66. The second-order valence-electron chi connectivity index (χ2n) is 4.30. The Labute approximate surface area is 79.1 Å². The van der Waals surface area contributed by atoms with Crippen molar-refractivity contribution in [3.05, 3.63) is 0 Å². The highest BCUT2D eigenvalue weighted by Crippen LogP contribution is 2.34. The van der Waals surface area contributed by atoms with Crippen LogP contribution in [0.1, 0.15) is 40.0 Å². The number of ether oxygens (including phenoxy) is 1. The number of rotatable bonds is 2. The van der Waals surface area contributed by atoms with Crippen LogP contribution in [0.15, 0.2) is 0 Å². The third-order valence-corrected chi connectivity index (χ3v) is 3.05. The molecular weight excluding hydrogens is 168 g/mol. The van der Waals surface area contributed by atoms with Gasteiger partial charge in [-0.15, -0.1) is 0 Å². The summed E-state index contributed by atoms with van der Waals surface area (Å²) in [6.45, 7) is 6.15. The molecule has 3 heteroatoms. The van der Waals surface area contributed by atoms with Crippen molar-refractivity contribution in [2.45, 2.75) is 51.7 Å². The zero-order valence-electron chi connectivity index (χ0n) is 8.54. The first-order chi connectivity index (χ1) is 5.96. The molecule has 1 N–H and O–H groups in total. The largest absolute Gasteiger partial charge is 0.479 e. The van der Waals surface area contributed by atoms with Crippen molar-refractivity contribution in [1.82, 2.24) is 0 Å². The molecule has 0 radical (unpaired) electrons. The van der Waals surface area contributed by atoms with Crippen LogP contribution in [0.4, 0.5) is 0 Å². The average molecular weight is 186 g/mol. The van der Waals surface area contributed by atoms with Gasteiger partial charge in [-0.05, 0) is 32.1 Å². The normalized spacial score (nSPS) is 34.9. The summed E-state index contributed by atoms with van der Waals surface area (Å²) in [5, 5.41) is 8.83. The van der Waals surface area contributed by atoms with E-state index in [1.54, 1.807) is 0 Å². The Bertz CT molecular complexity index is 200. The third-order valence-electron chi connectivity index (χ3n) is 3.05. The molecule has 76 valence electrons. The molecule has 0 aromatic heterocycles. The minimum Gasteiger partial charge on any atom is -0.479 e. The fourth-order valence-corrected chi connectivity index (χ4v) is 1.68. The van der Waals surface area contributed by atoms with Gasteiger partial charge in [0.15, 0.2) is 6.10 Å². The predicted molar refractivity (Wildman–Crippen MR) is 49.6 cm³/mol. The smallest absolute Gasteiger partial charge is 0.332 e. The van der Waals surface area contributed by atoms with Crippen LogP contribution in [0.25, 0.3) is 0 Å². The SMILES string of the molecule is CC(C)C1(C)CCCC(C(=O)O)O1. The Balaban J connectivity index is 2.65. The number of hydrogen-bond acceptors (Lipinski definition) is 2. The highest BCUT2D eigenvalue weighted by molar-refractivity contribution is 5.72. The zero-order chi connectivity index (χ0) is 10.1. The van der Waals surface area contributed by atoms with Crippen LogP contribution >= 0.6 is 0 Å². The molecule has 0 saturated carbocycles. The summed E-state index contributed by atoms with van der Waals surface area (Å²) in [4.78, 5) is 10.7. The summed E-state index contributed by atoms with van der Waals surface area (Å²) in [6.07, 6.45) is 1.97. The Morgan fingerprint density at radius 1 is 1.62 bits per heavy atom. The van der Waals surface area contributed by atoms with E-state index in [1.807, 2.05) is 6.92 Å². The molecule has 0 aromatic carbocycles. The molecule has 2 unspecified atom stereocenters. The molecule has 1 fully saturated rings. The molecule has 1 rings (SSSR count). The quantitative estimate of drug-likeness (QED) is 0.718. The minimum atomic E-state index is -0.827. The Morgan fingerprint density at radius 3 is 2.69 bits per heavy atom. The van der Waals surface area contributed by atoms with Gasteiger partial charge in [0.2, 0.25) is 0 Å². The Kier molecular flexibility index (Phi) is 2.96. The van der Waals surface area contributed by atoms with Gasteiger partial charge < -0.3 is 9.84 Å². The first kappa shape index (κ1) is 10.5. The monoisotopic (exact) mass is 186 g/mol. The van der Waals surface area contributed by atoms with E-state index in [-0.39, 0.29) is 5.60 Å². The molecule has 0 bridgehead atoms. The summed E-state index contributed by atoms with van der Waals surface area (Å²) in [7, 11) is 0. The number of carboxylic acids is 1. The minimum absolute atomic E-state index is 0.249. The Morgan fingerprint density at radius 2 is 2.23 bits per heavy atom. The lowest BCUT2D eigenvalue weighted by Crippen LogP contribution is -2.45. The lowest BCUT2D eigenvalue weighted by atomic mass is 9.84. The van der Waals surface area contributed by atoms with Gasteiger partial charge in [-0.1, -0.05) is 13.8 Å². The van der Waals surface area contributed by atoms with Gasteiger partial charge in [0.05, 0.1) is 5.60 Å². The number of carbonyl (C=O) groups is 1. The van der Waals surface area contributed by atoms with Crippen molar-refractivity contribution in [3.63, 3.8) is 0 Å². The Hall–Kier alpha value is -0.570. The summed E-state index contributed by atoms with van der Waals surface area (Å²) < 4.78 is 5.60. The second-order valence-corrected chi connectivity index (χ2v) is 4.30. The van der Waals surface area contributed by atoms with E-state index in [9.17, 15) is 4.79 Å². The first-order valence-electron chi connectivity index (χ1n) is 4.86. The van der Waals surface area contributed by atoms with Crippen molar-refractivity contribution < 1.29 is 14.6 Å². The van der Waals surface area contributed by atoms with Crippen LogP contribution in [0, 0.1) is 5.92 Å². The summed E-state index contributed by atoms with van der Waals surface area (Å²) >= 11 is 0. The summed E-state index contributed by atoms with van der Waals surface area (Å²) in [6, 6.07) is 0. The van der Waals surface area contributed by atoms with Gasteiger partial charge in [0.25, 0.3) is 0 Å². The van der Waals surface area contributed by atoms with Crippen molar-refractivity contribution in [3.8, 4) is 0 Å². The van der Waals surface area contributed by atoms with Crippen molar-refractivity contribution in [2.24, 2.45) is 5.92 Å². The molecule has 0 aliphatic carbocycles. The molecule has 1 saturated heterocycles. The average Bonchev–Trinajstić information content (AvgIpc) is 2.04. The number of aliphatic carboxylic acids is 1. The van der Waals surface area contributed by atoms with E-state index in [2.05, 4.69) is 13.8 Å². The highest BCUT2D eigenvalue weighted by atomic mass is 16.5. The number of hydrogen-bond donors (Lipinski definition) is 1. The van der Waals surface area contributed by atoms with Gasteiger partial charge in [-0.3, -0.25) is 0 Å². The standard InChI is InChI=1S/C10H18O3/c1-7(2)10(3)6-4-5-8(13-10)9(11)12/h7-8H,4-6H2,1-3H3,(H,11,12). The van der Waals surface area contributed by atoms with E-state index in [4.69, 9.17) is 9.84 Å². The van der Waals surface area contributed by atoms with Gasteiger partial charge in [-0.2, -0.15) is 0 Å². The van der Waals surface area contributed by atoms with Crippen LogP contribution in [-0.2, 0) is 9.53 Å². The molecule has 0 amide bonds. The maximum Gasteiger partial charge on any atom is 0.332 e. The third kappa shape index (κ3) is 2.21. The topological polar surface area (TPSA) is 46.5 Å². The van der Waals surface area contributed by atoms with Crippen molar-refractivity contribution >= 4 is 5.97 Å². The first-order valence-corrected chi connectivity index (χ1v) is 4.86.